The van der Waals surface area contributed by atoms with E-state index in [9.17, 15) is 19.6 Å². The molecule has 0 bridgehead atoms. The Labute approximate surface area is 345 Å². The van der Waals surface area contributed by atoms with E-state index in [0.717, 1.165) is 30.5 Å². The van der Waals surface area contributed by atoms with Crippen molar-refractivity contribution < 1.29 is 28.6 Å². The van der Waals surface area contributed by atoms with E-state index in [0.29, 0.717) is 121 Å². The molecule has 2 aliphatic rings. The molecule has 18 nitrogen and oxygen atoms in total. The number of fused-ring (bicyclic) bond motifs is 5. The lowest BCUT2D eigenvalue weighted by Gasteiger charge is -2.27. The number of carbonyl (C=O) groups excluding carboxylic acids is 3. The van der Waals surface area contributed by atoms with Crippen molar-refractivity contribution in [1.82, 2.24) is 38.7 Å². The van der Waals surface area contributed by atoms with Gasteiger partial charge < -0.3 is 29.1 Å². The zero-order valence-electron chi connectivity index (χ0n) is 34.2. The van der Waals surface area contributed by atoms with Crippen LogP contribution in [0.1, 0.15) is 105 Å². The van der Waals surface area contributed by atoms with Crippen molar-refractivity contribution in [2.45, 2.75) is 91.4 Å². The van der Waals surface area contributed by atoms with E-state index in [2.05, 4.69) is 21.8 Å². The first-order valence-electron chi connectivity index (χ1n) is 20.4. The third-order valence-electron chi connectivity index (χ3n) is 11.1. The average Bonchev–Trinajstić information content (AvgIpc) is 3.98. The molecule has 0 fully saturated rings. The molecule has 60 heavy (non-hydrogen) atoms. The number of imidazole rings is 2. The molecule has 3 amide bonds. The van der Waals surface area contributed by atoms with Gasteiger partial charge >= 0.3 is 0 Å². The smallest absolute Gasteiger partial charge is 0.276 e. The fourth-order valence-electron chi connectivity index (χ4n) is 8.32. The number of hydrogen-bond acceptors (Lipinski definition) is 11. The number of benzene rings is 2. The summed E-state index contributed by atoms with van der Waals surface area (Å²) in [6.07, 6.45) is 4.65. The lowest BCUT2D eigenvalue weighted by atomic mass is 10.0. The largest absolute Gasteiger partial charge is 0.491 e. The molecule has 4 N–H and O–H groups in total. The van der Waals surface area contributed by atoms with Crippen molar-refractivity contribution in [3.63, 3.8) is 0 Å². The van der Waals surface area contributed by atoms with Crippen molar-refractivity contribution >= 4 is 51.7 Å². The second-order valence-corrected chi connectivity index (χ2v) is 15.2. The van der Waals surface area contributed by atoms with Crippen LogP contribution in [0.2, 0.25) is 0 Å². The molecule has 6 aromatic rings. The van der Waals surface area contributed by atoms with Gasteiger partial charge in [0.15, 0.2) is 0 Å². The molecule has 4 aromatic heterocycles. The molecule has 1 atom stereocenters. The minimum absolute atomic E-state index is 0.217. The summed E-state index contributed by atoms with van der Waals surface area (Å²) in [5, 5.41) is 25.4. The van der Waals surface area contributed by atoms with Gasteiger partial charge in [0, 0.05) is 57.0 Å². The van der Waals surface area contributed by atoms with Gasteiger partial charge in [0.05, 0.1) is 46.7 Å². The minimum atomic E-state index is -0.641. The number of hydrogen-bond donors (Lipinski definition) is 3. The molecule has 6 heterocycles. The molecular weight excluding hydrogens is 769 g/mol. The summed E-state index contributed by atoms with van der Waals surface area (Å²) in [6, 6.07) is 10.2. The predicted molar refractivity (Wildman–Crippen MR) is 222 cm³/mol. The number of ether oxygens (including phenoxy) is 3. The Morgan fingerprint density at radius 1 is 0.967 bits per heavy atom. The summed E-state index contributed by atoms with van der Waals surface area (Å²) in [4.78, 5) is 50.7. The van der Waals surface area contributed by atoms with Gasteiger partial charge in [0.1, 0.15) is 40.5 Å². The van der Waals surface area contributed by atoms with Crippen LogP contribution in [-0.2, 0) is 30.8 Å². The van der Waals surface area contributed by atoms with Crippen molar-refractivity contribution in [1.29, 1.82) is 5.26 Å². The third kappa shape index (κ3) is 7.63. The molecule has 0 saturated carbocycles. The monoisotopic (exact) mass is 816 g/mol. The highest BCUT2D eigenvalue weighted by Gasteiger charge is 2.31. The van der Waals surface area contributed by atoms with Gasteiger partial charge in [0.25, 0.3) is 11.8 Å². The topological polar surface area (TPSA) is 224 Å². The quantitative estimate of drug-likeness (QED) is 0.172. The maximum Gasteiger partial charge on any atom is 0.276 e. The van der Waals surface area contributed by atoms with Crippen molar-refractivity contribution in [2.24, 2.45) is 5.73 Å². The van der Waals surface area contributed by atoms with Crippen LogP contribution in [0.5, 0.6) is 11.5 Å². The number of primary amides is 1. The minimum Gasteiger partial charge on any atom is -0.491 e. The predicted octanol–water partition coefficient (Wildman–Crippen LogP) is 5.45. The number of methoxy groups -OCH3 is 1. The van der Waals surface area contributed by atoms with Crippen LogP contribution >= 0.6 is 0 Å². The van der Waals surface area contributed by atoms with Crippen LogP contribution in [0.4, 0.5) is 11.9 Å². The summed E-state index contributed by atoms with van der Waals surface area (Å²) in [5.74, 6) is 0.164. The van der Waals surface area contributed by atoms with Gasteiger partial charge in [-0.2, -0.15) is 15.5 Å². The Morgan fingerprint density at radius 3 is 2.55 bits per heavy atom. The summed E-state index contributed by atoms with van der Waals surface area (Å²) in [5.41, 5.74) is 11.8. The molecule has 0 aliphatic carbocycles. The molecule has 312 valence electrons. The molecule has 18 heteroatoms. The van der Waals surface area contributed by atoms with Crippen LogP contribution in [-0.4, -0.2) is 83.3 Å². The summed E-state index contributed by atoms with van der Waals surface area (Å²) >= 11 is 0. The van der Waals surface area contributed by atoms with Crippen LogP contribution in [0.3, 0.4) is 0 Å². The van der Waals surface area contributed by atoms with Gasteiger partial charge in [-0.05, 0) is 77.1 Å². The maximum absolute atomic E-state index is 14.4. The number of anilines is 2. The molecule has 0 unspecified atom stereocenters. The van der Waals surface area contributed by atoms with Gasteiger partial charge in [-0.1, -0.05) is 6.42 Å². The van der Waals surface area contributed by atoms with Crippen LogP contribution in [0.25, 0.3) is 22.1 Å². The van der Waals surface area contributed by atoms with E-state index in [4.69, 9.17) is 35.0 Å². The summed E-state index contributed by atoms with van der Waals surface area (Å²) < 4.78 is 25.1. The van der Waals surface area contributed by atoms with Gasteiger partial charge in [0.2, 0.25) is 17.8 Å². The maximum atomic E-state index is 14.4. The Hall–Kier alpha value is -6.74. The second kappa shape index (κ2) is 16.9. The fraction of sp³-hybridized carbons (Fsp3) is 0.429. The molecule has 2 aliphatic heterocycles. The average molecular weight is 817 g/mol. The molecular formula is C42H48N12O6. The summed E-state index contributed by atoms with van der Waals surface area (Å²) in [7, 11) is 1.61. The van der Waals surface area contributed by atoms with E-state index in [1.165, 1.54) is 0 Å². The number of rotatable bonds is 7. The zero-order chi connectivity index (χ0) is 42.1. The second-order valence-electron chi connectivity index (χ2n) is 15.2. The molecule has 0 saturated heterocycles. The van der Waals surface area contributed by atoms with E-state index < -0.39 is 5.91 Å². The summed E-state index contributed by atoms with van der Waals surface area (Å²) in [6.45, 7) is 8.13. The lowest BCUT2D eigenvalue weighted by Crippen LogP contribution is -2.27. The van der Waals surface area contributed by atoms with Crippen LogP contribution in [0, 0.1) is 25.2 Å². The Balaban J connectivity index is 1.23. The van der Waals surface area contributed by atoms with Crippen LogP contribution < -0.4 is 25.8 Å². The molecule has 8 rings (SSSR count). The molecule has 0 spiro atoms. The number of nitrogens with zero attached hydrogens (tertiary/aromatic N) is 9. The SMILES string of the molecule is CCn1nc(C)c2c1C(=O)Nc1nc3cc(C#N)cc4c3n1[C@@H](CCCn1c(nc3cc(C(N)=O)cc(OCCCOC)c31)NC(=O)c1cc(C)nn1CCCCC2)CO4. The first kappa shape index (κ1) is 40.1. The number of nitrogens with two attached hydrogens (primary N) is 1. The van der Waals surface area contributed by atoms with Crippen molar-refractivity contribution in [3.05, 3.63) is 69.8 Å². The van der Waals surface area contributed by atoms with Crippen LogP contribution in [0.15, 0.2) is 30.3 Å². The number of nitriles is 1. The first-order valence-corrected chi connectivity index (χ1v) is 20.4. The van der Waals surface area contributed by atoms with E-state index >= 15 is 0 Å². The van der Waals surface area contributed by atoms with Crippen molar-refractivity contribution in [2.75, 3.05) is 37.6 Å². The number of nitrogens with one attached hydrogen (secondary N) is 2. The fourth-order valence-corrected chi connectivity index (χ4v) is 8.32. The van der Waals surface area contributed by atoms with E-state index in [-0.39, 0.29) is 36.0 Å². The first-order chi connectivity index (χ1) is 29.1. The number of carbonyl (C=O) groups is 3. The third-order valence-corrected chi connectivity index (χ3v) is 11.1. The van der Waals surface area contributed by atoms with Gasteiger partial charge in [-0.15, -0.1) is 0 Å². The highest BCUT2D eigenvalue weighted by atomic mass is 16.5. The molecule has 0 radical (unpaired) electrons. The van der Waals surface area contributed by atoms with Gasteiger partial charge in [-0.3, -0.25) is 34.4 Å². The highest BCUT2D eigenvalue weighted by Crippen LogP contribution is 2.39. The Kier molecular flexibility index (Phi) is 11.3. The highest BCUT2D eigenvalue weighted by molar-refractivity contribution is 6.05. The number of aromatic nitrogens is 8. The molecule has 2 aromatic carbocycles. The lowest BCUT2D eigenvalue weighted by molar-refractivity contribution is 0.0994. The number of aryl methyl sites for hydroxylation is 5. The van der Waals surface area contributed by atoms with Gasteiger partial charge in [-0.25, -0.2) is 9.97 Å². The van der Waals surface area contributed by atoms with E-state index in [1.54, 1.807) is 46.8 Å². The number of amides is 3. The standard InChI is InChI=1S/C42H48N12O6/c1-5-52-35-29(25(3)50-52)12-7-6-8-14-53-32(17-24(2)49-53)39(56)47-41-45-31-20-27(38(44)55)21-34(59-16-10-15-58-4)36(31)51(41)13-9-11-28-23-60-33-19-26(22-43)18-30-37(33)54(28)42(46-30)48-40(35)57/h17-21,28H,5-16,23H2,1-4H3,(H2,44,55)(H,45,47,56)(H,46,48,57)/t28-/m0/s1. The Morgan fingerprint density at radius 2 is 1.77 bits per heavy atom. The zero-order valence-corrected chi connectivity index (χ0v) is 34.2. The Bertz CT molecular complexity index is 2680. The van der Waals surface area contributed by atoms with E-state index in [1.807, 2.05) is 29.9 Å². The normalized spacial score (nSPS) is 16.1. The van der Waals surface area contributed by atoms with Crippen molar-refractivity contribution in [3.8, 4) is 17.6 Å².